The summed E-state index contributed by atoms with van der Waals surface area (Å²) in [5.74, 6) is -0.209. The normalized spacial score (nSPS) is 12.4. The fraction of sp³-hybridized carbons (Fsp3) is 0.500. The average Bonchev–Trinajstić information content (AvgIpc) is 2.67. The molecule has 0 saturated heterocycles. The molecule has 1 heterocycles. The highest BCUT2D eigenvalue weighted by Gasteiger charge is 2.12. The maximum absolute atomic E-state index is 11.2. The molecule has 1 aromatic heterocycles. The monoisotopic (exact) mass is 196 g/mol. The Balaban J connectivity index is 2.27. The zero-order valence-corrected chi connectivity index (χ0v) is 8.54. The van der Waals surface area contributed by atoms with E-state index < -0.39 is 0 Å². The van der Waals surface area contributed by atoms with E-state index in [4.69, 9.17) is 4.74 Å². The Morgan fingerprint density at radius 1 is 1.71 bits per heavy atom. The van der Waals surface area contributed by atoms with Crippen molar-refractivity contribution in [1.29, 1.82) is 0 Å². The number of ether oxygens (including phenoxy) is 1. The minimum Gasteiger partial charge on any atom is -0.465 e. The van der Waals surface area contributed by atoms with E-state index in [-0.39, 0.29) is 12.0 Å². The molecule has 4 nitrogen and oxygen atoms in total. The van der Waals surface area contributed by atoms with Crippen LogP contribution in [0.4, 0.5) is 0 Å². The van der Waals surface area contributed by atoms with Gasteiger partial charge < -0.3 is 9.72 Å². The Kier molecular flexibility index (Phi) is 4.19. The van der Waals surface area contributed by atoms with Crippen molar-refractivity contribution in [3.05, 3.63) is 24.0 Å². The highest BCUT2D eigenvalue weighted by molar-refractivity contribution is 5.75. The molecular formula is C10H16N2O2. The summed E-state index contributed by atoms with van der Waals surface area (Å²) in [5.41, 5.74) is 1.06. The number of nitrogens with one attached hydrogen (secondary N) is 2. The van der Waals surface area contributed by atoms with E-state index in [1.54, 1.807) is 13.8 Å². The van der Waals surface area contributed by atoms with Gasteiger partial charge in [0.15, 0.2) is 0 Å². The maximum atomic E-state index is 11.2. The molecule has 0 unspecified atom stereocenters. The minimum atomic E-state index is -0.266. The molecule has 1 aromatic rings. The topological polar surface area (TPSA) is 54.1 Å². The number of aromatic amines is 1. The highest BCUT2D eigenvalue weighted by atomic mass is 16.5. The van der Waals surface area contributed by atoms with Crippen LogP contribution in [0.15, 0.2) is 18.3 Å². The smallest absolute Gasteiger partial charge is 0.322 e. The van der Waals surface area contributed by atoms with Gasteiger partial charge in [-0.05, 0) is 26.0 Å². The lowest BCUT2D eigenvalue weighted by Crippen LogP contribution is -2.34. The van der Waals surface area contributed by atoms with Gasteiger partial charge in [-0.3, -0.25) is 10.1 Å². The van der Waals surface area contributed by atoms with Crippen LogP contribution in [-0.2, 0) is 16.1 Å². The zero-order valence-electron chi connectivity index (χ0n) is 8.54. The third-order valence-electron chi connectivity index (χ3n) is 1.90. The fourth-order valence-corrected chi connectivity index (χ4v) is 1.09. The van der Waals surface area contributed by atoms with Gasteiger partial charge in [0.25, 0.3) is 0 Å². The predicted molar refractivity (Wildman–Crippen MR) is 53.7 cm³/mol. The summed E-state index contributed by atoms with van der Waals surface area (Å²) in [4.78, 5) is 14.3. The second-order valence-corrected chi connectivity index (χ2v) is 3.05. The summed E-state index contributed by atoms with van der Waals surface area (Å²) < 4.78 is 4.86. The Bertz CT molecular complexity index is 270. The first kappa shape index (κ1) is 10.8. The van der Waals surface area contributed by atoms with Gasteiger partial charge in [-0.1, -0.05) is 0 Å². The van der Waals surface area contributed by atoms with Gasteiger partial charge in [-0.15, -0.1) is 0 Å². The van der Waals surface area contributed by atoms with Gasteiger partial charge in [-0.2, -0.15) is 0 Å². The first-order chi connectivity index (χ1) is 6.74. The first-order valence-electron chi connectivity index (χ1n) is 4.76. The summed E-state index contributed by atoms with van der Waals surface area (Å²) >= 11 is 0. The van der Waals surface area contributed by atoms with Crippen LogP contribution < -0.4 is 5.32 Å². The number of esters is 1. The molecule has 0 spiro atoms. The fourth-order valence-electron chi connectivity index (χ4n) is 1.09. The summed E-state index contributed by atoms with van der Waals surface area (Å²) in [6, 6.07) is 3.62. The molecule has 1 rings (SSSR count). The van der Waals surface area contributed by atoms with Crippen LogP contribution in [0.25, 0.3) is 0 Å². The number of H-pyrrole nitrogens is 1. The van der Waals surface area contributed by atoms with Crippen LogP contribution >= 0.6 is 0 Å². The van der Waals surface area contributed by atoms with Gasteiger partial charge in [0.2, 0.25) is 0 Å². The molecule has 78 valence electrons. The lowest BCUT2D eigenvalue weighted by molar-refractivity contribution is -0.145. The van der Waals surface area contributed by atoms with Crippen molar-refractivity contribution in [1.82, 2.24) is 10.3 Å². The van der Waals surface area contributed by atoms with Crippen LogP contribution in [0.5, 0.6) is 0 Å². The maximum Gasteiger partial charge on any atom is 0.322 e. The van der Waals surface area contributed by atoms with Crippen molar-refractivity contribution >= 4 is 5.97 Å². The molecular weight excluding hydrogens is 180 g/mol. The van der Waals surface area contributed by atoms with Crippen molar-refractivity contribution in [2.24, 2.45) is 0 Å². The summed E-state index contributed by atoms with van der Waals surface area (Å²) in [5, 5.41) is 3.06. The van der Waals surface area contributed by atoms with Gasteiger partial charge in [0, 0.05) is 18.4 Å². The van der Waals surface area contributed by atoms with Crippen molar-refractivity contribution in [3.8, 4) is 0 Å². The van der Waals surface area contributed by atoms with E-state index in [1.165, 1.54) is 0 Å². The van der Waals surface area contributed by atoms with Crippen LogP contribution in [0.1, 0.15) is 19.5 Å². The minimum absolute atomic E-state index is 0.209. The Morgan fingerprint density at radius 3 is 3.07 bits per heavy atom. The summed E-state index contributed by atoms with van der Waals surface area (Å²) in [7, 11) is 0. The van der Waals surface area contributed by atoms with E-state index in [0.717, 1.165) is 5.69 Å². The number of carbonyl (C=O) groups excluding carboxylic acids is 1. The average molecular weight is 196 g/mol. The summed E-state index contributed by atoms with van der Waals surface area (Å²) in [6.45, 7) is 4.66. The van der Waals surface area contributed by atoms with Crippen molar-refractivity contribution in [2.45, 2.75) is 26.4 Å². The molecule has 0 bridgehead atoms. The third kappa shape index (κ3) is 3.22. The standard InChI is InChI=1S/C10H16N2O2/c1-3-14-10(13)8(2)12-7-9-5-4-6-11-9/h4-6,8,11-12H,3,7H2,1-2H3/t8-/m0/s1. The Morgan fingerprint density at radius 2 is 2.50 bits per heavy atom. The molecule has 14 heavy (non-hydrogen) atoms. The predicted octanol–water partition coefficient (Wildman–Crippen LogP) is 1.06. The van der Waals surface area contributed by atoms with Crippen molar-refractivity contribution in [3.63, 3.8) is 0 Å². The highest BCUT2D eigenvalue weighted by Crippen LogP contribution is 1.95. The molecule has 0 saturated carbocycles. The number of hydrogen-bond donors (Lipinski definition) is 2. The molecule has 0 aliphatic carbocycles. The van der Waals surface area contributed by atoms with Crippen LogP contribution in [0, 0.1) is 0 Å². The second kappa shape index (κ2) is 5.44. The Hall–Kier alpha value is -1.29. The number of hydrogen-bond acceptors (Lipinski definition) is 3. The molecule has 1 atom stereocenters. The quantitative estimate of drug-likeness (QED) is 0.692. The molecule has 0 aliphatic heterocycles. The second-order valence-electron chi connectivity index (χ2n) is 3.05. The van der Waals surface area contributed by atoms with E-state index in [2.05, 4.69) is 10.3 Å². The first-order valence-corrected chi connectivity index (χ1v) is 4.76. The number of aromatic nitrogens is 1. The van der Waals surface area contributed by atoms with E-state index in [9.17, 15) is 4.79 Å². The van der Waals surface area contributed by atoms with Crippen LogP contribution in [0.3, 0.4) is 0 Å². The van der Waals surface area contributed by atoms with E-state index in [0.29, 0.717) is 13.2 Å². The van der Waals surface area contributed by atoms with Gasteiger partial charge >= 0.3 is 5.97 Å². The van der Waals surface area contributed by atoms with E-state index in [1.807, 2.05) is 18.3 Å². The molecule has 0 aromatic carbocycles. The third-order valence-corrected chi connectivity index (χ3v) is 1.90. The SMILES string of the molecule is CCOC(=O)[C@H](C)NCc1ccc[nH]1. The van der Waals surface area contributed by atoms with Gasteiger partial charge in [0.05, 0.1) is 6.61 Å². The summed E-state index contributed by atoms with van der Waals surface area (Å²) in [6.07, 6.45) is 1.85. The molecule has 0 radical (unpaired) electrons. The van der Waals surface area contributed by atoms with Crippen molar-refractivity contribution in [2.75, 3.05) is 6.61 Å². The lowest BCUT2D eigenvalue weighted by Gasteiger charge is -2.11. The van der Waals surface area contributed by atoms with Crippen molar-refractivity contribution < 1.29 is 9.53 Å². The Labute approximate surface area is 83.7 Å². The van der Waals surface area contributed by atoms with Crippen LogP contribution in [-0.4, -0.2) is 23.6 Å². The largest absolute Gasteiger partial charge is 0.465 e. The lowest BCUT2D eigenvalue weighted by atomic mass is 10.3. The van der Waals surface area contributed by atoms with E-state index >= 15 is 0 Å². The molecule has 0 fully saturated rings. The zero-order chi connectivity index (χ0) is 10.4. The molecule has 0 aliphatic rings. The molecule has 4 heteroatoms. The molecule has 2 N–H and O–H groups in total. The van der Waals surface area contributed by atoms with Gasteiger partial charge in [0.1, 0.15) is 6.04 Å². The van der Waals surface area contributed by atoms with Crippen LogP contribution in [0.2, 0.25) is 0 Å². The molecule has 0 amide bonds. The number of carbonyl (C=O) groups is 1. The number of rotatable bonds is 5. The van der Waals surface area contributed by atoms with Gasteiger partial charge in [-0.25, -0.2) is 0 Å².